The summed E-state index contributed by atoms with van der Waals surface area (Å²) in [6, 6.07) is 0. The van der Waals surface area contributed by atoms with Gasteiger partial charge >= 0.3 is 0 Å². The molecule has 7 heteroatoms. The minimum absolute atomic E-state index is 0.0352. The standard InChI is InChI=1S/C11H14F2N4O/c1-16(2)10(18)11(13)3-4-17(6-11)9-8(12)5-14-7-15-9/h5,7H,3-4,6H2,1-2H3. The Kier molecular flexibility index (Phi) is 3.14. The van der Waals surface area contributed by atoms with Gasteiger partial charge in [0.25, 0.3) is 5.91 Å². The maximum absolute atomic E-state index is 14.4. The van der Waals surface area contributed by atoms with Crippen LogP contribution in [0.1, 0.15) is 6.42 Å². The zero-order valence-corrected chi connectivity index (χ0v) is 10.2. The SMILES string of the molecule is CN(C)C(=O)C1(F)CCN(c2ncncc2F)C1. The molecule has 98 valence electrons. The van der Waals surface area contributed by atoms with Crippen molar-refractivity contribution in [1.29, 1.82) is 0 Å². The molecule has 2 rings (SSSR count). The average molecular weight is 256 g/mol. The molecule has 18 heavy (non-hydrogen) atoms. The number of aromatic nitrogens is 2. The Morgan fingerprint density at radius 2 is 2.28 bits per heavy atom. The predicted molar refractivity (Wildman–Crippen MR) is 61.4 cm³/mol. The van der Waals surface area contributed by atoms with Crippen molar-refractivity contribution < 1.29 is 13.6 Å². The summed E-state index contributed by atoms with van der Waals surface area (Å²) in [5.74, 6) is -1.17. The second-order valence-corrected chi connectivity index (χ2v) is 4.53. The Labute approximate surface area is 103 Å². The molecule has 1 aromatic heterocycles. The molecule has 0 radical (unpaired) electrons. The molecule has 1 saturated heterocycles. The molecule has 1 aromatic rings. The van der Waals surface area contributed by atoms with E-state index in [4.69, 9.17) is 0 Å². The summed E-state index contributed by atoms with van der Waals surface area (Å²) in [7, 11) is 3.00. The van der Waals surface area contributed by atoms with Gasteiger partial charge in [0, 0.05) is 27.1 Å². The zero-order chi connectivity index (χ0) is 13.3. The van der Waals surface area contributed by atoms with Crippen molar-refractivity contribution in [2.24, 2.45) is 0 Å². The minimum atomic E-state index is -1.97. The Bertz CT molecular complexity index is 468. The minimum Gasteiger partial charge on any atom is -0.350 e. The van der Waals surface area contributed by atoms with Crippen LogP contribution in [0.15, 0.2) is 12.5 Å². The van der Waals surface area contributed by atoms with E-state index >= 15 is 0 Å². The summed E-state index contributed by atoms with van der Waals surface area (Å²) < 4.78 is 27.9. The lowest BCUT2D eigenvalue weighted by molar-refractivity contribution is -0.139. The van der Waals surface area contributed by atoms with Crippen LogP contribution in [0, 0.1) is 5.82 Å². The highest BCUT2D eigenvalue weighted by atomic mass is 19.1. The number of amides is 1. The first-order valence-electron chi connectivity index (χ1n) is 5.55. The van der Waals surface area contributed by atoms with Gasteiger partial charge in [-0.25, -0.2) is 18.7 Å². The van der Waals surface area contributed by atoms with Gasteiger partial charge in [0.05, 0.1) is 12.7 Å². The van der Waals surface area contributed by atoms with E-state index in [1.54, 1.807) is 0 Å². The summed E-state index contributed by atoms with van der Waals surface area (Å²) in [4.78, 5) is 21.7. The molecular formula is C11H14F2N4O. The molecule has 1 fully saturated rings. The largest absolute Gasteiger partial charge is 0.350 e. The van der Waals surface area contributed by atoms with Gasteiger partial charge in [-0.1, -0.05) is 0 Å². The number of carbonyl (C=O) groups is 1. The van der Waals surface area contributed by atoms with E-state index in [1.807, 2.05) is 0 Å². The third kappa shape index (κ3) is 2.12. The molecule has 2 heterocycles. The number of nitrogens with zero attached hydrogens (tertiary/aromatic N) is 4. The molecular weight excluding hydrogens is 242 g/mol. The van der Waals surface area contributed by atoms with Crippen LogP contribution in [0.5, 0.6) is 0 Å². The van der Waals surface area contributed by atoms with E-state index in [-0.39, 0.29) is 25.3 Å². The number of hydrogen-bond donors (Lipinski definition) is 0. The average Bonchev–Trinajstić information content (AvgIpc) is 2.72. The summed E-state index contributed by atoms with van der Waals surface area (Å²) in [5, 5.41) is 0. The first kappa shape index (κ1) is 12.7. The van der Waals surface area contributed by atoms with Crippen molar-refractivity contribution in [2.45, 2.75) is 12.1 Å². The second kappa shape index (κ2) is 4.47. The lowest BCUT2D eigenvalue weighted by Crippen LogP contribution is -2.44. The van der Waals surface area contributed by atoms with Crippen LogP contribution in [-0.2, 0) is 4.79 Å². The smallest absolute Gasteiger partial charge is 0.261 e. The maximum atomic E-state index is 14.4. The topological polar surface area (TPSA) is 49.3 Å². The fourth-order valence-electron chi connectivity index (χ4n) is 2.07. The van der Waals surface area contributed by atoms with Gasteiger partial charge in [0.15, 0.2) is 11.6 Å². The molecule has 5 nitrogen and oxygen atoms in total. The first-order valence-corrected chi connectivity index (χ1v) is 5.55. The summed E-state index contributed by atoms with van der Waals surface area (Å²) >= 11 is 0. The van der Waals surface area contributed by atoms with E-state index in [1.165, 1.54) is 30.2 Å². The quantitative estimate of drug-likeness (QED) is 0.778. The van der Waals surface area contributed by atoms with Crippen LogP contribution in [-0.4, -0.2) is 53.6 Å². The summed E-state index contributed by atoms with van der Waals surface area (Å²) in [5.41, 5.74) is -1.97. The van der Waals surface area contributed by atoms with Gasteiger partial charge in [-0.3, -0.25) is 4.79 Å². The lowest BCUT2D eigenvalue weighted by Gasteiger charge is -2.23. The van der Waals surface area contributed by atoms with E-state index in [0.717, 1.165) is 6.20 Å². The Balaban J connectivity index is 2.18. The molecule has 0 bridgehead atoms. The van der Waals surface area contributed by atoms with E-state index in [0.29, 0.717) is 0 Å². The van der Waals surface area contributed by atoms with Crippen LogP contribution < -0.4 is 4.90 Å². The van der Waals surface area contributed by atoms with Crippen molar-refractivity contribution in [3.8, 4) is 0 Å². The normalized spacial score (nSPS) is 23.2. The molecule has 0 aliphatic carbocycles. The molecule has 0 spiro atoms. The van der Waals surface area contributed by atoms with E-state index in [2.05, 4.69) is 9.97 Å². The Morgan fingerprint density at radius 3 is 2.89 bits per heavy atom. The van der Waals surface area contributed by atoms with Crippen molar-refractivity contribution in [2.75, 3.05) is 32.1 Å². The molecule has 1 aliphatic heterocycles. The highest BCUT2D eigenvalue weighted by Crippen LogP contribution is 2.30. The van der Waals surface area contributed by atoms with Gasteiger partial charge < -0.3 is 9.80 Å². The molecule has 0 N–H and O–H groups in total. The fraction of sp³-hybridized carbons (Fsp3) is 0.545. The highest BCUT2D eigenvalue weighted by Gasteiger charge is 2.46. The van der Waals surface area contributed by atoms with Crippen LogP contribution in [0.3, 0.4) is 0 Å². The Morgan fingerprint density at radius 1 is 1.56 bits per heavy atom. The molecule has 1 atom stereocenters. The first-order chi connectivity index (χ1) is 8.44. The van der Waals surface area contributed by atoms with Crippen molar-refractivity contribution in [3.05, 3.63) is 18.3 Å². The summed E-state index contributed by atoms with van der Waals surface area (Å²) in [6.45, 7) is 0.0714. The van der Waals surface area contributed by atoms with Crippen molar-refractivity contribution >= 4 is 11.7 Å². The third-order valence-electron chi connectivity index (χ3n) is 2.96. The van der Waals surface area contributed by atoms with E-state index in [9.17, 15) is 13.6 Å². The van der Waals surface area contributed by atoms with Crippen LogP contribution in [0.2, 0.25) is 0 Å². The van der Waals surface area contributed by atoms with Gasteiger partial charge in [0.1, 0.15) is 6.33 Å². The number of anilines is 1. The van der Waals surface area contributed by atoms with Crippen LogP contribution in [0.4, 0.5) is 14.6 Å². The monoisotopic (exact) mass is 256 g/mol. The van der Waals surface area contributed by atoms with Crippen molar-refractivity contribution in [3.63, 3.8) is 0 Å². The van der Waals surface area contributed by atoms with Gasteiger partial charge in [-0.05, 0) is 0 Å². The van der Waals surface area contributed by atoms with Crippen LogP contribution in [0.25, 0.3) is 0 Å². The van der Waals surface area contributed by atoms with Crippen molar-refractivity contribution in [1.82, 2.24) is 14.9 Å². The van der Waals surface area contributed by atoms with Crippen LogP contribution >= 0.6 is 0 Å². The molecule has 0 saturated carbocycles. The number of halogens is 2. The zero-order valence-electron chi connectivity index (χ0n) is 10.2. The Hall–Kier alpha value is -1.79. The third-order valence-corrected chi connectivity index (χ3v) is 2.96. The highest BCUT2D eigenvalue weighted by molar-refractivity contribution is 5.86. The van der Waals surface area contributed by atoms with Gasteiger partial charge in [-0.2, -0.15) is 0 Å². The van der Waals surface area contributed by atoms with Gasteiger partial charge in [0.2, 0.25) is 5.67 Å². The summed E-state index contributed by atoms with van der Waals surface area (Å²) in [6.07, 6.45) is 2.26. The number of rotatable bonds is 2. The number of hydrogen-bond acceptors (Lipinski definition) is 4. The maximum Gasteiger partial charge on any atom is 0.261 e. The molecule has 1 amide bonds. The molecule has 1 unspecified atom stereocenters. The molecule has 1 aliphatic rings. The van der Waals surface area contributed by atoms with E-state index < -0.39 is 17.4 Å². The lowest BCUT2D eigenvalue weighted by atomic mass is 10.0. The predicted octanol–water partition coefficient (Wildman–Crippen LogP) is 0.622. The number of carbonyl (C=O) groups excluding carboxylic acids is 1. The fourth-order valence-corrected chi connectivity index (χ4v) is 2.07. The molecule has 0 aromatic carbocycles. The van der Waals surface area contributed by atoms with Gasteiger partial charge in [-0.15, -0.1) is 0 Å². The number of alkyl halides is 1. The second-order valence-electron chi connectivity index (χ2n) is 4.53.